The fourth-order valence-electron chi connectivity index (χ4n) is 6.94. The van der Waals surface area contributed by atoms with Crippen LogP contribution in [0.5, 0.6) is 5.75 Å². The molecule has 0 amide bonds. The van der Waals surface area contributed by atoms with Crippen molar-refractivity contribution in [1.82, 2.24) is 34.9 Å². The summed E-state index contributed by atoms with van der Waals surface area (Å²) >= 11 is 0. The van der Waals surface area contributed by atoms with Gasteiger partial charge in [-0.15, -0.1) is 0 Å². The van der Waals surface area contributed by atoms with E-state index in [-0.39, 0.29) is 18.6 Å². The Hall–Kier alpha value is -3.02. The zero-order valence-corrected chi connectivity index (χ0v) is 23.8. The number of pyridine rings is 1. The lowest BCUT2D eigenvalue weighted by Gasteiger charge is -2.58. The molecular formula is C29H43N9O2. The number of hydrogen-bond acceptors (Lipinski definition) is 10. The molecule has 11 heteroatoms. The molecule has 3 aliphatic rings. The minimum atomic E-state index is 0.0786. The third-order valence-electron chi connectivity index (χ3n) is 9.29. The summed E-state index contributed by atoms with van der Waals surface area (Å²) in [5.74, 6) is 2.10. The first-order valence-corrected chi connectivity index (χ1v) is 14.8. The van der Waals surface area contributed by atoms with Crippen LogP contribution in [0.15, 0.2) is 18.5 Å². The number of nitrogens with two attached hydrogens (primary N) is 1. The van der Waals surface area contributed by atoms with E-state index in [1.165, 1.54) is 31.5 Å². The maximum absolute atomic E-state index is 9.53. The van der Waals surface area contributed by atoms with E-state index >= 15 is 0 Å². The number of hydrogen-bond donors (Lipinski definition) is 4. The van der Waals surface area contributed by atoms with Gasteiger partial charge in [0.15, 0.2) is 5.82 Å². The Kier molecular flexibility index (Phi) is 7.78. The van der Waals surface area contributed by atoms with E-state index in [4.69, 9.17) is 15.5 Å². The Morgan fingerprint density at radius 2 is 2.00 bits per heavy atom. The summed E-state index contributed by atoms with van der Waals surface area (Å²) < 4.78 is 7.68. The molecule has 2 aliphatic heterocycles. The molecule has 2 saturated heterocycles. The smallest absolute Gasteiger partial charge is 0.222 e. The van der Waals surface area contributed by atoms with Crippen LogP contribution >= 0.6 is 0 Å². The Labute approximate surface area is 235 Å². The molecular weight excluding hydrogens is 506 g/mol. The second-order valence-electron chi connectivity index (χ2n) is 12.0. The molecule has 3 aromatic heterocycles. The van der Waals surface area contributed by atoms with E-state index in [0.717, 1.165) is 61.8 Å². The number of aliphatic hydroxyl groups excluding tert-OH is 1. The lowest BCUT2D eigenvalue weighted by molar-refractivity contribution is -0.0432. The van der Waals surface area contributed by atoms with Crippen molar-refractivity contribution in [3.8, 4) is 5.75 Å². The zero-order valence-electron chi connectivity index (χ0n) is 23.8. The van der Waals surface area contributed by atoms with E-state index in [0.29, 0.717) is 35.6 Å². The highest BCUT2D eigenvalue weighted by Crippen LogP contribution is 2.47. The van der Waals surface area contributed by atoms with Gasteiger partial charge in [-0.25, -0.2) is 4.98 Å². The van der Waals surface area contributed by atoms with Crippen molar-refractivity contribution in [3.05, 3.63) is 29.7 Å². The molecule has 6 rings (SSSR count). The number of likely N-dealkylation sites (tertiary alicyclic amines) is 1. The van der Waals surface area contributed by atoms with E-state index < -0.39 is 0 Å². The van der Waals surface area contributed by atoms with E-state index in [1.807, 2.05) is 10.9 Å². The summed E-state index contributed by atoms with van der Waals surface area (Å²) in [7, 11) is 1.71. The van der Waals surface area contributed by atoms with Crippen LogP contribution in [0.1, 0.15) is 69.0 Å². The van der Waals surface area contributed by atoms with Crippen LogP contribution in [0.2, 0.25) is 0 Å². The summed E-state index contributed by atoms with van der Waals surface area (Å²) in [5.41, 5.74) is 10.1. The molecule has 5 N–H and O–H groups in total. The Morgan fingerprint density at radius 1 is 1.20 bits per heavy atom. The molecule has 3 aromatic rings. The highest BCUT2D eigenvalue weighted by atomic mass is 16.5. The number of methoxy groups -OCH3 is 1. The minimum Gasteiger partial charge on any atom is -0.495 e. The fraction of sp³-hybridized carbons (Fsp3) is 0.655. The van der Waals surface area contributed by atoms with Crippen molar-refractivity contribution in [3.63, 3.8) is 0 Å². The monoisotopic (exact) mass is 549 g/mol. The van der Waals surface area contributed by atoms with E-state index in [2.05, 4.69) is 43.6 Å². The summed E-state index contributed by atoms with van der Waals surface area (Å²) in [6.45, 7) is 7.41. The first-order chi connectivity index (χ1) is 19.5. The Bertz CT molecular complexity index is 1300. The molecule has 0 radical (unpaired) electrons. The maximum Gasteiger partial charge on any atom is 0.222 e. The van der Waals surface area contributed by atoms with Gasteiger partial charge >= 0.3 is 0 Å². The normalized spacial score (nSPS) is 20.4. The number of nitrogen functional groups attached to an aromatic ring is 1. The minimum absolute atomic E-state index is 0.0786. The number of nitrogens with one attached hydrogen (secondary N) is 2. The molecule has 5 heterocycles. The summed E-state index contributed by atoms with van der Waals surface area (Å²) in [4.78, 5) is 16.5. The molecule has 1 spiro atoms. The molecule has 3 fully saturated rings. The third kappa shape index (κ3) is 5.34. The van der Waals surface area contributed by atoms with Gasteiger partial charge in [0.1, 0.15) is 22.5 Å². The molecule has 11 nitrogen and oxygen atoms in total. The van der Waals surface area contributed by atoms with Crippen molar-refractivity contribution < 1.29 is 9.84 Å². The molecule has 1 aliphatic carbocycles. The number of aromatic nitrogens is 5. The first kappa shape index (κ1) is 27.2. The molecule has 1 atom stereocenters. The average molecular weight is 550 g/mol. The Morgan fingerprint density at radius 3 is 2.67 bits per heavy atom. The van der Waals surface area contributed by atoms with Gasteiger partial charge in [-0.05, 0) is 74.6 Å². The second kappa shape index (κ2) is 11.5. The number of anilines is 2. The lowest BCUT2D eigenvalue weighted by atomic mass is 9.61. The maximum atomic E-state index is 9.53. The number of rotatable bonds is 11. The van der Waals surface area contributed by atoms with Crippen molar-refractivity contribution >= 4 is 22.8 Å². The van der Waals surface area contributed by atoms with Crippen molar-refractivity contribution in [2.75, 3.05) is 50.9 Å². The van der Waals surface area contributed by atoms with Crippen molar-refractivity contribution in [2.45, 2.75) is 76.4 Å². The van der Waals surface area contributed by atoms with Crippen LogP contribution < -0.4 is 21.1 Å². The van der Waals surface area contributed by atoms with Crippen LogP contribution in [0, 0.1) is 5.41 Å². The summed E-state index contributed by atoms with van der Waals surface area (Å²) in [6.07, 6.45) is 11.3. The van der Waals surface area contributed by atoms with Crippen LogP contribution in [-0.2, 0) is 6.54 Å². The molecule has 0 aromatic carbocycles. The molecule has 1 unspecified atom stereocenters. The summed E-state index contributed by atoms with van der Waals surface area (Å²) in [6, 6.07) is 3.02. The SMILES string of the molecule is CCCC(CCO)Nc1nc(N)nc2cnn(Cc3ncc(C4CCN(C5CC6(CNC6)C5)CC4)cc3OC)c12. The van der Waals surface area contributed by atoms with Gasteiger partial charge in [0, 0.05) is 38.0 Å². The lowest BCUT2D eigenvalue weighted by Crippen LogP contribution is -2.65. The molecule has 216 valence electrons. The third-order valence-corrected chi connectivity index (χ3v) is 9.29. The molecule has 40 heavy (non-hydrogen) atoms. The standard InChI is InChI=1S/C29H43N9O2/c1-3-4-21(7-10-39)34-27-26-23(35-28(30)36-27)15-33-38(26)16-24-25(40-2)11-20(14-32-24)19-5-8-37(9-6-19)22-12-29(13-22)17-31-18-29/h11,14-15,19,21-22,31,39H,3-10,12-13,16-18H2,1-2H3,(H3,30,34,35,36). The van der Waals surface area contributed by atoms with E-state index in [9.17, 15) is 5.11 Å². The second-order valence-corrected chi connectivity index (χ2v) is 12.0. The summed E-state index contributed by atoms with van der Waals surface area (Å²) in [5, 5.41) is 21.1. The number of aliphatic hydroxyl groups is 1. The van der Waals surface area contributed by atoms with Gasteiger partial charge in [0.05, 0.1) is 19.9 Å². The number of piperidine rings is 1. The Balaban J connectivity index is 1.16. The van der Waals surface area contributed by atoms with Gasteiger partial charge in [-0.3, -0.25) is 9.67 Å². The van der Waals surface area contributed by atoms with Crippen LogP contribution in [0.3, 0.4) is 0 Å². The fourth-order valence-corrected chi connectivity index (χ4v) is 6.94. The zero-order chi connectivity index (χ0) is 27.7. The first-order valence-electron chi connectivity index (χ1n) is 14.8. The predicted molar refractivity (Wildman–Crippen MR) is 156 cm³/mol. The quantitative estimate of drug-likeness (QED) is 0.282. The van der Waals surface area contributed by atoms with Crippen LogP contribution in [0.25, 0.3) is 11.0 Å². The highest BCUT2D eigenvalue weighted by molar-refractivity contribution is 5.86. The van der Waals surface area contributed by atoms with Gasteiger partial charge in [-0.2, -0.15) is 10.1 Å². The predicted octanol–water partition coefficient (Wildman–Crippen LogP) is 2.75. The molecule has 0 bridgehead atoms. The van der Waals surface area contributed by atoms with Crippen LogP contribution in [0.4, 0.5) is 11.8 Å². The van der Waals surface area contributed by atoms with Gasteiger partial charge in [-0.1, -0.05) is 13.3 Å². The van der Waals surface area contributed by atoms with Crippen molar-refractivity contribution in [1.29, 1.82) is 0 Å². The average Bonchev–Trinajstić information content (AvgIpc) is 3.30. The van der Waals surface area contributed by atoms with Gasteiger partial charge in [0.2, 0.25) is 5.95 Å². The van der Waals surface area contributed by atoms with Gasteiger partial charge in [0.25, 0.3) is 0 Å². The number of fused-ring (bicyclic) bond motifs is 1. The van der Waals surface area contributed by atoms with Gasteiger partial charge < -0.3 is 31.1 Å². The highest BCUT2D eigenvalue weighted by Gasteiger charge is 2.50. The van der Waals surface area contributed by atoms with Crippen LogP contribution in [-0.4, -0.2) is 86.7 Å². The van der Waals surface area contributed by atoms with Crippen molar-refractivity contribution in [2.24, 2.45) is 5.41 Å². The number of ether oxygens (including phenoxy) is 1. The largest absolute Gasteiger partial charge is 0.495 e. The number of nitrogens with zero attached hydrogens (tertiary/aromatic N) is 6. The molecule has 1 saturated carbocycles. The van der Waals surface area contributed by atoms with E-state index in [1.54, 1.807) is 13.3 Å². The topological polar surface area (TPSA) is 139 Å².